The average Bonchev–Trinajstić information content (AvgIpc) is 2.28. The lowest BCUT2D eigenvalue weighted by molar-refractivity contribution is 0.356. The van der Waals surface area contributed by atoms with Crippen LogP contribution in [0.1, 0.15) is 0 Å². The van der Waals surface area contributed by atoms with Crippen molar-refractivity contribution in [3.8, 4) is 28.7 Å². The molecular weight excluding hydrogens is 263 g/mol. The Morgan fingerprint density at radius 2 is 1.47 bits per heavy atom. The lowest BCUT2D eigenvalue weighted by Crippen LogP contribution is -1.98. The Labute approximate surface area is 107 Å². The first kappa shape index (κ1) is 10.6. The van der Waals surface area contributed by atoms with E-state index in [0.717, 1.165) is 0 Å². The fourth-order valence-corrected chi connectivity index (χ4v) is 1.88. The van der Waals surface area contributed by atoms with Crippen LogP contribution in [0.2, 0.25) is 10.0 Å². The third-order valence-electron chi connectivity index (χ3n) is 2.36. The van der Waals surface area contributed by atoms with Gasteiger partial charge in [0.05, 0.1) is 5.02 Å². The minimum absolute atomic E-state index is 0.0560. The van der Waals surface area contributed by atoms with Gasteiger partial charge in [0.2, 0.25) is 0 Å². The number of ether oxygens (including phenoxy) is 2. The summed E-state index contributed by atoms with van der Waals surface area (Å²) in [5, 5.41) is 10.2. The minimum Gasteiger partial charge on any atom is -0.506 e. The Balaban J connectivity index is 2.11. The smallest absolute Gasteiger partial charge is 0.173 e. The first-order valence-corrected chi connectivity index (χ1v) is 5.57. The number of phenols is 1. The molecule has 3 rings (SSSR count). The molecule has 0 unspecified atom stereocenters. The second-order valence-corrected chi connectivity index (χ2v) is 4.39. The van der Waals surface area contributed by atoms with Crippen molar-refractivity contribution >= 4 is 23.2 Å². The zero-order chi connectivity index (χ0) is 12.0. The van der Waals surface area contributed by atoms with Crippen molar-refractivity contribution in [1.82, 2.24) is 0 Å². The first-order valence-electron chi connectivity index (χ1n) is 4.81. The van der Waals surface area contributed by atoms with Gasteiger partial charge in [-0.3, -0.25) is 0 Å². The maximum atomic E-state index is 9.48. The number of benzene rings is 2. The van der Waals surface area contributed by atoms with Gasteiger partial charge in [0.1, 0.15) is 5.75 Å². The van der Waals surface area contributed by atoms with Crippen LogP contribution in [0.3, 0.4) is 0 Å². The molecule has 2 aromatic carbocycles. The molecule has 0 saturated heterocycles. The normalized spacial score (nSPS) is 12.1. The van der Waals surface area contributed by atoms with Gasteiger partial charge in [-0.25, -0.2) is 0 Å². The SMILES string of the molecule is Oc1cc2c(cc1Cl)Oc1ccc(Cl)cc1O2. The van der Waals surface area contributed by atoms with Crippen molar-refractivity contribution in [3.05, 3.63) is 40.4 Å². The predicted octanol–water partition coefficient (Wildman–Crippen LogP) is 4.60. The molecular formula is C12H6Cl2O3. The number of halogens is 2. The van der Waals surface area contributed by atoms with Crippen LogP contribution < -0.4 is 9.47 Å². The van der Waals surface area contributed by atoms with Crippen molar-refractivity contribution in [3.63, 3.8) is 0 Å². The molecule has 0 saturated carbocycles. The fourth-order valence-electron chi connectivity index (χ4n) is 1.57. The summed E-state index contributed by atoms with van der Waals surface area (Å²) in [6.45, 7) is 0. The van der Waals surface area contributed by atoms with Crippen LogP contribution in [0.4, 0.5) is 0 Å². The molecule has 86 valence electrons. The molecule has 0 fully saturated rings. The van der Waals surface area contributed by atoms with Gasteiger partial charge in [0, 0.05) is 23.2 Å². The molecule has 1 N–H and O–H groups in total. The Hall–Kier alpha value is -1.58. The van der Waals surface area contributed by atoms with E-state index in [-0.39, 0.29) is 10.8 Å². The van der Waals surface area contributed by atoms with E-state index in [1.165, 1.54) is 12.1 Å². The third kappa shape index (κ3) is 1.77. The lowest BCUT2D eigenvalue weighted by Gasteiger charge is -2.20. The maximum Gasteiger partial charge on any atom is 0.173 e. The average molecular weight is 269 g/mol. The molecule has 0 atom stereocenters. The molecule has 0 aliphatic carbocycles. The van der Waals surface area contributed by atoms with E-state index in [2.05, 4.69) is 0 Å². The Morgan fingerprint density at radius 1 is 0.824 bits per heavy atom. The minimum atomic E-state index is -0.0560. The molecule has 5 heteroatoms. The zero-order valence-electron chi connectivity index (χ0n) is 8.41. The van der Waals surface area contributed by atoms with Gasteiger partial charge < -0.3 is 14.6 Å². The molecule has 1 aliphatic rings. The lowest BCUT2D eigenvalue weighted by atomic mass is 10.2. The van der Waals surface area contributed by atoms with Crippen LogP contribution >= 0.6 is 23.2 Å². The monoisotopic (exact) mass is 268 g/mol. The number of hydrogen-bond acceptors (Lipinski definition) is 3. The summed E-state index contributed by atoms with van der Waals surface area (Å²) in [5.74, 6) is 1.87. The summed E-state index contributed by atoms with van der Waals surface area (Å²) < 4.78 is 11.2. The van der Waals surface area contributed by atoms with Gasteiger partial charge in [-0.2, -0.15) is 0 Å². The Kier molecular flexibility index (Phi) is 2.31. The van der Waals surface area contributed by atoms with E-state index >= 15 is 0 Å². The predicted molar refractivity (Wildman–Crippen MR) is 64.7 cm³/mol. The number of phenolic OH excluding ortho intramolecular Hbond substituents is 1. The number of aromatic hydroxyl groups is 1. The first-order chi connectivity index (χ1) is 8.13. The van der Waals surface area contributed by atoms with E-state index in [1.54, 1.807) is 18.2 Å². The maximum absolute atomic E-state index is 9.48. The second kappa shape index (κ2) is 3.72. The van der Waals surface area contributed by atoms with Crippen LogP contribution in [-0.4, -0.2) is 5.11 Å². The highest BCUT2D eigenvalue weighted by Crippen LogP contribution is 2.48. The van der Waals surface area contributed by atoms with Crippen molar-refractivity contribution in [2.24, 2.45) is 0 Å². The van der Waals surface area contributed by atoms with Crippen LogP contribution in [-0.2, 0) is 0 Å². The van der Waals surface area contributed by atoms with Crippen molar-refractivity contribution in [2.45, 2.75) is 0 Å². The molecule has 0 radical (unpaired) electrons. The van der Waals surface area contributed by atoms with Crippen molar-refractivity contribution in [1.29, 1.82) is 0 Å². The van der Waals surface area contributed by atoms with Gasteiger partial charge in [-0.1, -0.05) is 23.2 Å². The highest BCUT2D eigenvalue weighted by Gasteiger charge is 2.20. The van der Waals surface area contributed by atoms with Gasteiger partial charge >= 0.3 is 0 Å². The van der Waals surface area contributed by atoms with Gasteiger partial charge in [0.15, 0.2) is 23.0 Å². The van der Waals surface area contributed by atoms with E-state index < -0.39 is 0 Å². The van der Waals surface area contributed by atoms with Crippen LogP contribution in [0.5, 0.6) is 28.7 Å². The van der Waals surface area contributed by atoms with E-state index in [0.29, 0.717) is 28.0 Å². The van der Waals surface area contributed by atoms with Crippen LogP contribution in [0.15, 0.2) is 30.3 Å². The molecule has 0 bridgehead atoms. The quantitative estimate of drug-likeness (QED) is 0.648. The molecule has 0 amide bonds. The van der Waals surface area contributed by atoms with Crippen molar-refractivity contribution < 1.29 is 14.6 Å². The summed E-state index contributed by atoms with van der Waals surface area (Å²) in [4.78, 5) is 0. The molecule has 17 heavy (non-hydrogen) atoms. The summed E-state index contributed by atoms with van der Waals surface area (Å²) in [6.07, 6.45) is 0. The van der Waals surface area contributed by atoms with E-state index in [4.69, 9.17) is 32.7 Å². The van der Waals surface area contributed by atoms with E-state index in [9.17, 15) is 5.11 Å². The Morgan fingerprint density at radius 3 is 2.29 bits per heavy atom. The second-order valence-electron chi connectivity index (χ2n) is 3.55. The van der Waals surface area contributed by atoms with Crippen molar-refractivity contribution in [2.75, 3.05) is 0 Å². The third-order valence-corrected chi connectivity index (χ3v) is 2.90. The Bertz CT molecular complexity index is 611. The zero-order valence-corrected chi connectivity index (χ0v) is 9.92. The topological polar surface area (TPSA) is 38.7 Å². The summed E-state index contributed by atoms with van der Waals surface area (Å²) in [6, 6.07) is 7.97. The molecule has 0 aromatic heterocycles. The van der Waals surface area contributed by atoms with Gasteiger partial charge in [-0.15, -0.1) is 0 Å². The standard InChI is InChI=1S/C12H6Cl2O3/c13-6-1-2-9-10(3-6)17-12-5-8(15)7(14)4-11(12)16-9/h1-5,15H. The van der Waals surface area contributed by atoms with Gasteiger partial charge in [0.25, 0.3) is 0 Å². The van der Waals surface area contributed by atoms with Gasteiger partial charge in [-0.05, 0) is 12.1 Å². The molecule has 3 nitrogen and oxygen atoms in total. The summed E-state index contributed by atoms with van der Waals surface area (Å²) in [5.41, 5.74) is 0. The summed E-state index contributed by atoms with van der Waals surface area (Å²) in [7, 11) is 0. The molecule has 1 heterocycles. The van der Waals surface area contributed by atoms with Crippen LogP contribution in [0.25, 0.3) is 0 Å². The molecule has 2 aromatic rings. The number of rotatable bonds is 0. The van der Waals surface area contributed by atoms with E-state index in [1.807, 2.05) is 0 Å². The molecule has 0 spiro atoms. The number of fused-ring (bicyclic) bond motifs is 2. The van der Waals surface area contributed by atoms with Crippen LogP contribution in [0, 0.1) is 0 Å². The fraction of sp³-hybridized carbons (Fsp3) is 0. The highest BCUT2D eigenvalue weighted by molar-refractivity contribution is 6.32. The summed E-state index contributed by atoms with van der Waals surface area (Å²) >= 11 is 11.6. The number of hydrogen-bond donors (Lipinski definition) is 1. The highest BCUT2D eigenvalue weighted by atomic mass is 35.5. The largest absolute Gasteiger partial charge is 0.506 e. The molecule has 1 aliphatic heterocycles.